The summed E-state index contributed by atoms with van der Waals surface area (Å²) in [7, 11) is 0. The molecule has 0 aromatic carbocycles. The van der Waals surface area contributed by atoms with Crippen molar-refractivity contribution in [3.63, 3.8) is 0 Å². The molecule has 0 bridgehead atoms. The van der Waals surface area contributed by atoms with Gasteiger partial charge in [-0.2, -0.15) is 0 Å². The topological polar surface area (TPSA) is 12.9 Å². The van der Waals surface area contributed by atoms with Gasteiger partial charge in [0.2, 0.25) is 0 Å². The van der Waals surface area contributed by atoms with Crippen LogP contribution in [-0.2, 0) is 6.42 Å². The number of allylic oxidation sites excluding steroid dienone is 2. The van der Waals surface area contributed by atoms with E-state index in [0.717, 1.165) is 6.42 Å². The Balaban J connectivity index is 2.36. The molecule has 1 aromatic rings. The Morgan fingerprint density at radius 3 is 3.23 bits per heavy atom. The fourth-order valence-electron chi connectivity index (χ4n) is 1.92. The molecule has 0 N–H and O–H groups in total. The van der Waals surface area contributed by atoms with Gasteiger partial charge in [0.1, 0.15) is 0 Å². The van der Waals surface area contributed by atoms with Crippen LogP contribution in [0.3, 0.4) is 0 Å². The standard InChI is InChI=1S/C12H15N/c1-2-5-10-6-3-7-11-8-4-9-13-12(10)11/h4,6,8-9H,2-3,5,7H2,1H3. The first-order valence-electron chi connectivity index (χ1n) is 5.05. The number of nitrogens with zero attached hydrogens (tertiary/aromatic N) is 1. The highest BCUT2D eigenvalue weighted by atomic mass is 14.7. The lowest BCUT2D eigenvalue weighted by Gasteiger charge is -2.15. The third-order valence-electron chi connectivity index (χ3n) is 2.52. The zero-order chi connectivity index (χ0) is 9.10. The van der Waals surface area contributed by atoms with Crippen LogP contribution in [0.2, 0.25) is 0 Å². The van der Waals surface area contributed by atoms with Crippen LogP contribution < -0.4 is 0 Å². The predicted molar refractivity (Wildman–Crippen MR) is 55.4 cm³/mol. The van der Waals surface area contributed by atoms with Crippen LogP contribution in [0, 0.1) is 0 Å². The first kappa shape index (κ1) is 8.49. The molecule has 0 saturated heterocycles. The molecule has 0 aliphatic heterocycles. The van der Waals surface area contributed by atoms with Gasteiger partial charge in [-0.25, -0.2) is 0 Å². The highest BCUT2D eigenvalue weighted by Gasteiger charge is 2.11. The molecule has 1 aliphatic rings. The average Bonchev–Trinajstić information content (AvgIpc) is 2.19. The van der Waals surface area contributed by atoms with Gasteiger partial charge in [0.05, 0.1) is 5.69 Å². The minimum absolute atomic E-state index is 1.16. The largest absolute Gasteiger partial charge is 0.256 e. The predicted octanol–water partition coefficient (Wildman–Crippen LogP) is 3.21. The van der Waals surface area contributed by atoms with E-state index in [0.29, 0.717) is 0 Å². The van der Waals surface area contributed by atoms with E-state index in [-0.39, 0.29) is 0 Å². The van der Waals surface area contributed by atoms with Gasteiger partial charge < -0.3 is 0 Å². The molecule has 0 amide bonds. The molecule has 2 rings (SSSR count). The van der Waals surface area contributed by atoms with Crippen molar-refractivity contribution in [2.24, 2.45) is 0 Å². The van der Waals surface area contributed by atoms with Crippen molar-refractivity contribution in [1.29, 1.82) is 0 Å². The molecule has 0 spiro atoms. The second kappa shape index (κ2) is 3.73. The van der Waals surface area contributed by atoms with Crippen molar-refractivity contribution in [3.8, 4) is 0 Å². The van der Waals surface area contributed by atoms with Crippen LogP contribution in [0.4, 0.5) is 0 Å². The molecule has 13 heavy (non-hydrogen) atoms. The van der Waals surface area contributed by atoms with E-state index in [1.165, 1.54) is 36.1 Å². The SMILES string of the molecule is CCCC1=CCCc2cccnc21. The van der Waals surface area contributed by atoms with E-state index in [9.17, 15) is 0 Å². The zero-order valence-corrected chi connectivity index (χ0v) is 8.09. The fourth-order valence-corrected chi connectivity index (χ4v) is 1.92. The third kappa shape index (κ3) is 1.64. The number of hydrogen-bond donors (Lipinski definition) is 0. The normalized spacial score (nSPS) is 15.0. The number of aromatic nitrogens is 1. The van der Waals surface area contributed by atoms with Gasteiger partial charge in [-0.3, -0.25) is 4.98 Å². The van der Waals surface area contributed by atoms with Gasteiger partial charge in [0, 0.05) is 6.20 Å². The monoisotopic (exact) mass is 173 g/mol. The van der Waals surface area contributed by atoms with Crippen LogP contribution in [-0.4, -0.2) is 4.98 Å². The molecule has 0 saturated carbocycles. The molecule has 1 nitrogen and oxygen atoms in total. The summed E-state index contributed by atoms with van der Waals surface area (Å²) in [5.41, 5.74) is 4.12. The van der Waals surface area contributed by atoms with Gasteiger partial charge in [-0.15, -0.1) is 0 Å². The summed E-state index contributed by atoms with van der Waals surface area (Å²) in [6.07, 6.45) is 8.97. The van der Waals surface area contributed by atoms with Crippen LogP contribution >= 0.6 is 0 Å². The number of aryl methyl sites for hydroxylation is 1. The fraction of sp³-hybridized carbons (Fsp3) is 0.417. The van der Waals surface area contributed by atoms with Gasteiger partial charge in [-0.05, 0) is 36.5 Å². The van der Waals surface area contributed by atoms with E-state index in [1.807, 2.05) is 12.3 Å². The summed E-state index contributed by atoms with van der Waals surface area (Å²) in [5.74, 6) is 0. The Labute approximate surface area is 79.5 Å². The first-order chi connectivity index (χ1) is 6.42. The van der Waals surface area contributed by atoms with E-state index >= 15 is 0 Å². The number of hydrogen-bond acceptors (Lipinski definition) is 1. The molecule has 0 radical (unpaired) electrons. The number of pyridine rings is 1. The molecule has 0 atom stereocenters. The van der Waals surface area contributed by atoms with Crippen LogP contribution in [0.25, 0.3) is 5.57 Å². The highest BCUT2D eigenvalue weighted by molar-refractivity contribution is 5.66. The molecule has 0 unspecified atom stereocenters. The molecular formula is C12H15N. The average molecular weight is 173 g/mol. The summed E-state index contributed by atoms with van der Waals surface area (Å²) in [6, 6.07) is 4.23. The van der Waals surface area contributed by atoms with E-state index in [2.05, 4.69) is 24.1 Å². The van der Waals surface area contributed by atoms with E-state index in [4.69, 9.17) is 0 Å². The van der Waals surface area contributed by atoms with Crippen molar-refractivity contribution in [2.75, 3.05) is 0 Å². The Hall–Kier alpha value is -1.11. The first-order valence-corrected chi connectivity index (χ1v) is 5.05. The summed E-state index contributed by atoms with van der Waals surface area (Å²) in [6.45, 7) is 2.22. The molecule has 1 heteroatoms. The Morgan fingerprint density at radius 1 is 1.46 bits per heavy atom. The summed E-state index contributed by atoms with van der Waals surface area (Å²) >= 11 is 0. The summed E-state index contributed by atoms with van der Waals surface area (Å²) < 4.78 is 0. The summed E-state index contributed by atoms with van der Waals surface area (Å²) in [5, 5.41) is 0. The third-order valence-corrected chi connectivity index (χ3v) is 2.52. The Morgan fingerprint density at radius 2 is 2.38 bits per heavy atom. The quantitative estimate of drug-likeness (QED) is 0.669. The lowest BCUT2D eigenvalue weighted by molar-refractivity contribution is 0.901. The lowest BCUT2D eigenvalue weighted by Crippen LogP contribution is -2.01. The van der Waals surface area contributed by atoms with Crippen molar-refractivity contribution in [1.82, 2.24) is 4.98 Å². The molecule has 1 heterocycles. The van der Waals surface area contributed by atoms with Crippen LogP contribution in [0.5, 0.6) is 0 Å². The minimum Gasteiger partial charge on any atom is -0.256 e. The van der Waals surface area contributed by atoms with Gasteiger partial charge >= 0.3 is 0 Å². The van der Waals surface area contributed by atoms with Gasteiger partial charge in [0.15, 0.2) is 0 Å². The van der Waals surface area contributed by atoms with Gasteiger partial charge in [0.25, 0.3) is 0 Å². The number of rotatable bonds is 2. The highest BCUT2D eigenvalue weighted by Crippen LogP contribution is 2.27. The molecule has 68 valence electrons. The number of fused-ring (bicyclic) bond motifs is 1. The second-order valence-electron chi connectivity index (χ2n) is 3.53. The van der Waals surface area contributed by atoms with E-state index < -0.39 is 0 Å². The summed E-state index contributed by atoms with van der Waals surface area (Å²) in [4.78, 5) is 4.45. The Kier molecular flexibility index (Phi) is 2.44. The van der Waals surface area contributed by atoms with Crippen molar-refractivity contribution < 1.29 is 0 Å². The molecule has 1 aliphatic carbocycles. The maximum absolute atomic E-state index is 4.45. The van der Waals surface area contributed by atoms with Gasteiger partial charge in [-0.1, -0.05) is 25.5 Å². The lowest BCUT2D eigenvalue weighted by atomic mass is 9.93. The Bertz CT molecular complexity index is 326. The molecule has 0 fully saturated rings. The van der Waals surface area contributed by atoms with Crippen LogP contribution in [0.1, 0.15) is 37.4 Å². The van der Waals surface area contributed by atoms with Crippen LogP contribution in [0.15, 0.2) is 24.4 Å². The van der Waals surface area contributed by atoms with E-state index in [1.54, 1.807) is 0 Å². The second-order valence-corrected chi connectivity index (χ2v) is 3.53. The molecular weight excluding hydrogens is 158 g/mol. The molecule has 1 aromatic heterocycles. The minimum atomic E-state index is 1.16. The van der Waals surface area contributed by atoms with Crippen molar-refractivity contribution in [2.45, 2.75) is 32.6 Å². The smallest absolute Gasteiger partial charge is 0.0690 e. The van der Waals surface area contributed by atoms with Crippen molar-refractivity contribution >= 4 is 5.57 Å². The zero-order valence-electron chi connectivity index (χ0n) is 8.09. The maximum atomic E-state index is 4.45. The maximum Gasteiger partial charge on any atom is 0.0690 e. The van der Waals surface area contributed by atoms with Crippen molar-refractivity contribution in [3.05, 3.63) is 35.7 Å².